The first-order valence-electron chi connectivity index (χ1n) is 5.36. The van der Waals surface area contributed by atoms with E-state index >= 15 is 0 Å². The predicted octanol–water partition coefficient (Wildman–Crippen LogP) is -0.806. The van der Waals surface area contributed by atoms with Gasteiger partial charge < -0.3 is 15.7 Å². The van der Waals surface area contributed by atoms with Crippen molar-refractivity contribution in [3.63, 3.8) is 0 Å². The number of carboxylic acid groups (broad SMARTS) is 1. The zero-order chi connectivity index (χ0) is 15.3. The van der Waals surface area contributed by atoms with Crippen molar-refractivity contribution in [3.05, 3.63) is 24.0 Å². The van der Waals surface area contributed by atoms with Crippen molar-refractivity contribution in [2.75, 3.05) is 18.1 Å². The van der Waals surface area contributed by atoms with Gasteiger partial charge in [0.2, 0.25) is 0 Å². The van der Waals surface area contributed by atoms with Crippen LogP contribution < -0.4 is 10.6 Å². The molecule has 0 saturated carbocycles. The van der Waals surface area contributed by atoms with Crippen molar-refractivity contribution in [2.24, 2.45) is 0 Å². The average Bonchev–Trinajstić information content (AvgIpc) is 2.36. The smallest absolute Gasteiger partial charge is 0.327 e. The Labute approximate surface area is 114 Å². The molecule has 0 saturated heterocycles. The van der Waals surface area contributed by atoms with Crippen molar-refractivity contribution in [1.82, 2.24) is 10.3 Å². The summed E-state index contributed by atoms with van der Waals surface area (Å²) in [4.78, 5) is 26.5. The summed E-state index contributed by atoms with van der Waals surface area (Å²) >= 11 is 0. The molecule has 0 spiro atoms. The Hall–Kier alpha value is -2.20. The summed E-state index contributed by atoms with van der Waals surface area (Å²) in [5, 5.41) is 13.5. The van der Waals surface area contributed by atoms with Crippen LogP contribution in [0.25, 0.3) is 0 Å². The van der Waals surface area contributed by atoms with Gasteiger partial charge in [-0.15, -0.1) is 0 Å². The molecule has 1 aromatic rings. The molecule has 0 aliphatic heterocycles. The molecule has 1 heterocycles. The van der Waals surface area contributed by atoms with E-state index in [0.29, 0.717) is 5.69 Å². The van der Waals surface area contributed by atoms with Crippen LogP contribution in [0.2, 0.25) is 0 Å². The molecule has 1 atom stereocenters. The minimum atomic E-state index is -4.54. The largest absolute Gasteiger partial charge is 0.480 e. The summed E-state index contributed by atoms with van der Waals surface area (Å²) in [5.41, 5.74) is 0.262. The fourth-order valence-electron chi connectivity index (χ4n) is 1.40. The van der Waals surface area contributed by atoms with Crippen LogP contribution in [0.1, 0.15) is 10.5 Å². The van der Waals surface area contributed by atoms with Gasteiger partial charge in [0.15, 0.2) is 5.69 Å². The number of nitrogens with one attached hydrogen (secondary N) is 2. The first-order chi connectivity index (χ1) is 9.24. The first kappa shape index (κ1) is 15.9. The van der Waals surface area contributed by atoms with Crippen LogP contribution in [0.15, 0.2) is 18.3 Å². The van der Waals surface area contributed by atoms with Gasteiger partial charge in [-0.3, -0.25) is 9.35 Å². The van der Waals surface area contributed by atoms with Gasteiger partial charge in [0.25, 0.3) is 16.0 Å². The van der Waals surface area contributed by atoms with Gasteiger partial charge in [0.05, 0.1) is 5.69 Å². The van der Waals surface area contributed by atoms with Crippen molar-refractivity contribution < 1.29 is 27.7 Å². The third-order valence-electron chi connectivity index (χ3n) is 2.27. The van der Waals surface area contributed by atoms with Crippen LogP contribution in [0.4, 0.5) is 5.69 Å². The Morgan fingerprint density at radius 2 is 2.10 bits per heavy atom. The van der Waals surface area contributed by atoms with E-state index in [0.717, 1.165) is 0 Å². The number of pyridine rings is 1. The van der Waals surface area contributed by atoms with Gasteiger partial charge in [0, 0.05) is 13.2 Å². The zero-order valence-corrected chi connectivity index (χ0v) is 11.2. The number of carbonyl (C=O) groups is 2. The highest BCUT2D eigenvalue weighted by Crippen LogP contribution is 2.11. The highest BCUT2D eigenvalue weighted by Gasteiger charge is 2.27. The highest BCUT2D eigenvalue weighted by molar-refractivity contribution is 7.85. The Bertz CT molecular complexity index is 615. The van der Waals surface area contributed by atoms with Crippen LogP contribution in [0, 0.1) is 0 Å². The van der Waals surface area contributed by atoms with Gasteiger partial charge in [0.1, 0.15) is 11.8 Å². The fourth-order valence-corrected chi connectivity index (χ4v) is 2.05. The molecule has 0 radical (unpaired) electrons. The molecule has 1 aromatic heterocycles. The lowest BCUT2D eigenvalue weighted by atomic mass is 10.2. The maximum atomic E-state index is 11.9. The third kappa shape index (κ3) is 4.48. The number of amides is 1. The molecule has 0 aliphatic rings. The quantitative estimate of drug-likeness (QED) is 0.499. The second-order valence-electron chi connectivity index (χ2n) is 3.76. The minimum Gasteiger partial charge on any atom is -0.480 e. The van der Waals surface area contributed by atoms with Crippen LogP contribution in [0.3, 0.4) is 0 Å². The molecular formula is C10H13N3O6S. The summed E-state index contributed by atoms with van der Waals surface area (Å²) in [6, 6.07) is 1.33. The molecule has 10 heteroatoms. The van der Waals surface area contributed by atoms with Gasteiger partial charge >= 0.3 is 5.97 Å². The Morgan fingerprint density at radius 3 is 2.60 bits per heavy atom. The van der Waals surface area contributed by atoms with Gasteiger partial charge in [-0.25, -0.2) is 9.78 Å². The van der Waals surface area contributed by atoms with E-state index in [2.05, 4.69) is 10.3 Å². The molecule has 1 amide bonds. The molecule has 1 rings (SSSR count). The Morgan fingerprint density at radius 1 is 1.45 bits per heavy atom. The molecule has 9 nitrogen and oxygen atoms in total. The van der Waals surface area contributed by atoms with E-state index in [1.54, 1.807) is 19.2 Å². The van der Waals surface area contributed by atoms with E-state index in [1.807, 2.05) is 5.32 Å². The molecule has 1 unspecified atom stereocenters. The number of hydrogen-bond acceptors (Lipinski definition) is 6. The van der Waals surface area contributed by atoms with E-state index in [4.69, 9.17) is 9.66 Å². The summed E-state index contributed by atoms with van der Waals surface area (Å²) in [6.07, 6.45) is 1.33. The Kier molecular flexibility index (Phi) is 5.00. The molecule has 0 aromatic carbocycles. The molecular weight excluding hydrogens is 290 g/mol. The first-order valence-corrected chi connectivity index (χ1v) is 6.97. The lowest BCUT2D eigenvalue weighted by Gasteiger charge is -2.14. The van der Waals surface area contributed by atoms with E-state index < -0.39 is 33.8 Å². The van der Waals surface area contributed by atoms with Crippen LogP contribution >= 0.6 is 0 Å². The Balaban J connectivity index is 2.94. The lowest BCUT2D eigenvalue weighted by Crippen LogP contribution is -2.45. The van der Waals surface area contributed by atoms with E-state index in [9.17, 15) is 18.0 Å². The third-order valence-corrected chi connectivity index (χ3v) is 3.03. The molecule has 0 fully saturated rings. The molecule has 0 bridgehead atoms. The van der Waals surface area contributed by atoms with E-state index in [-0.39, 0.29) is 5.69 Å². The molecule has 0 aliphatic carbocycles. The zero-order valence-electron chi connectivity index (χ0n) is 10.4. The van der Waals surface area contributed by atoms with Crippen molar-refractivity contribution >= 4 is 27.7 Å². The summed E-state index contributed by atoms with van der Waals surface area (Å²) in [5.74, 6) is -3.58. The minimum absolute atomic E-state index is 0.0865. The number of aliphatic carboxylic acids is 1. The number of carboxylic acids is 1. The second kappa shape index (κ2) is 6.30. The SMILES string of the molecule is CNc1cccnc1C(=O)NC(CS(=O)(=O)O)C(=O)O. The maximum Gasteiger partial charge on any atom is 0.327 e. The molecule has 4 N–H and O–H groups in total. The number of anilines is 1. The van der Waals surface area contributed by atoms with Crippen molar-refractivity contribution in [3.8, 4) is 0 Å². The topological polar surface area (TPSA) is 146 Å². The number of carbonyl (C=O) groups excluding carboxylic acids is 1. The van der Waals surface area contributed by atoms with Gasteiger partial charge in [-0.1, -0.05) is 0 Å². The monoisotopic (exact) mass is 303 g/mol. The molecule has 20 heavy (non-hydrogen) atoms. The van der Waals surface area contributed by atoms with Crippen LogP contribution in [-0.4, -0.2) is 53.8 Å². The highest BCUT2D eigenvalue weighted by atomic mass is 32.2. The van der Waals surface area contributed by atoms with Crippen LogP contribution in [-0.2, 0) is 14.9 Å². The van der Waals surface area contributed by atoms with Crippen molar-refractivity contribution in [2.45, 2.75) is 6.04 Å². The van der Waals surface area contributed by atoms with E-state index in [1.165, 1.54) is 6.20 Å². The summed E-state index contributed by atoms with van der Waals surface area (Å²) in [7, 11) is -3.00. The van der Waals surface area contributed by atoms with Gasteiger partial charge in [-0.2, -0.15) is 8.42 Å². The number of aromatic nitrogens is 1. The summed E-state index contributed by atoms with van der Waals surface area (Å²) < 4.78 is 30.1. The maximum absolute atomic E-state index is 11.9. The van der Waals surface area contributed by atoms with Gasteiger partial charge in [-0.05, 0) is 12.1 Å². The normalized spacial score (nSPS) is 12.5. The summed E-state index contributed by atoms with van der Waals surface area (Å²) in [6.45, 7) is 0. The lowest BCUT2D eigenvalue weighted by molar-refractivity contribution is -0.138. The van der Waals surface area contributed by atoms with Crippen molar-refractivity contribution in [1.29, 1.82) is 0 Å². The predicted molar refractivity (Wildman–Crippen MR) is 69.1 cm³/mol. The number of hydrogen-bond donors (Lipinski definition) is 4. The number of nitrogens with zero attached hydrogens (tertiary/aromatic N) is 1. The standard InChI is InChI=1S/C10H13N3O6S/c1-11-6-3-2-4-12-8(6)9(14)13-7(10(15)16)5-20(17,18)19/h2-4,7,11H,5H2,1H3,(H,13,14)(H,15,16)(H,17,18,19). The fraction of sp³-hybridized carbons (Fsp3) is 0.300. The molecule has 110 valence electrons. The number of rotatable bonds is 6. The second-order valence-corrected chi connectivity index (χ2v) is 5.26. The van der Waals surface area contributed by atoms with Crippen LogP contribution in [0.5, 0.6) is 0 Å². The average molecular weight is 303 g/mol.